The molecule has 0 atom stereocenters. The molecule has 3 nitrogen and oxygen atoms in total. The lowest BCUT2D eigenvalue weighted by Gasteiger charge is -2.23. The van der Waals surface area contributed by atoms with E-state index in [1.807, 2.05) is 69.4 Å². The molecule has 22 heavy (non-hydrogen) atoms. The number of anilines is 2. The maximum Gasteiger partial charge on any atom is 0.250 e. The first-order valence-corrected chi connectivity index (χ1v) is 7.20. The molecule has 0 aliphatic carbocycles. The number of rotatable bonds is 3. The molecule has 0 saturated carbocycles. The van der Waals surface area contributed by atoms with Gasteiger partial charge in [-0.25, -0.2) is 0 Å². The van der Waals surface area contributed by atoms with Crippen LogP contribution >= 0.6 is 0 Å². The summed E-state index contributed by atoms with van der Waals surface area (Å²) >= 11 is 0. The average Bonchev–Trinajstić information content (AvgIpc) is 2.52. The zero-order valence-corrected chi connectivity index (χ0v) is 12.9. The Morgan fingerprint density at radius 1 is 0.818 bits per heavy atom. The average molecular weight is 291 g/mol. The summed E-state index contributed by atoms with van der Waals surface area (Å²) in [4.78, 5) is 25.9. The van der Waals surface area contributed by atoms with E-state index in [0.29, 0.717) is 11.3 Å². The summed E-state index contributed by atoms with van der Waals surface area (Å²) in [5, 5.41) is 0. The Bertz CT molecular complexity index is 900. The van der Waals surface area contributed by atoms with Crippen LogP contribution in [0.25, 0.3) is 11.1 Å². The van der Waals surface area contributed by atoms with Crippen molar-refractivity contribution < 1.29 is 0 Å². The van der Waals surface area contributed by atoms with Crippen molar-refractivity contribution in [3.63, 3.8) is 0 Å². The molecule has 3 aromatic carbocycles. The minimum Gasteiger partial charge on any atom is -0.341 e. The number of nitrogens with zero attached hydrogens (tertiary/aromatic N) is 1. The van der Waals surface area contributed by atoms with E-state index in [-0.39, 0.29) is 0 Å². The van der Waals surface area contributed by atoms with Crippen molar-refractivity contribution >= 4 is 11.4 Å². The number of benzene rings is 2. The highest BCUT2D eigenvalue weighted by Crippen LogP contribution is 2.31. The molecular weight excluding hydrogens is 274 g/mol. The van der Waals surface area contributed by atoms with Crippen LogP contribution in [0.2, 0.25) is 0 Å². The SMILES string of the molecule is Cc1ccc(-c2c(N(C)c3cccc(C)c3)c(=O)c2=O)cc1. The van der Waals surface area contributed by atoms with Gasteiger partial charge in [0.1, 0.15) is 5.69 Å². The Hall–Kier alpha value is -2.68. The molecule has 0 heterocycles. The third-order valence-corrected chi connectivity index (χ3v) is 3.95. The second-order valence-electron chi connectivity index (χ2n) is 5.65. The molecule has 3 aromatic rings. The maximum absolute atomic E-state index is 12.1. The maximum atomic E-state index is 12.1. The quantitative estimate of drug-likeness (QED) is 0.695. The summed E-state index contributed by atoms with van der Waals surface area (Å²) in [7, 11) is 1.82. The van der Waals surface area contributed by atoms with Gasteiger partial charge in [-0.05, 0) is 37.1 Å². The number of hydrogen-bond donors (Lipinski definition) is 0. The molecule has 0 aliphatic heterocycles. The Labute approximate surface area is 129 Å². The van der Waals surface area contributed by atoms with E-state index in [4.69, 9.17) is 0 Å². The molecule has 3 heteroatoms. The highest BCUT2D eigenvalue weighted by atomic mass is 16.2. The molecule has 0 radical (unpaired) electrons. The third kappa shape index (κ3) is 2.25. The fourth-order valence-corrected chi connectivity index (χ4v) is 2.65. The van der Waals surface area contributed by atoms with Gasteiger partial charge < -0.3 is 4.90 Å². The first kappa shape index (κ1) is 14.3. The van der Waals surface area contributed by atoms with Gasteiger partial charge in [-0.1, -0.05) is 42.0 Å². The van der Waals surface area contributed by atoms with Gasteiger partial charge in [0.05, 0.1) is 5.56 Å². The molecule has 0 unspecified atom stereocenters. The van der Waals surface area contributed by atoms with Crippen LogP contribution in [0.4, 0.5) is 11.4 Å². The highest BCUT2D eigenvalue weighted by Gasteiger charge is 2.25. The van der Waals surface area contributed by atoms with Gasteiger partial charge in [-0.15, -0.1) is 0 Å². The van der Waals surface area contributed by atoms with Gasteiger partial charge in [0.25, 0.3) is 5.43 Å². The second kappa shape index (κ2) is 5.26. The smallest absolute Gasteiger partial charge is 0.250 e. The molecular formula is C19H17NO2. The first-order chi connectivity index (χ1) is 10.5. The van der Waals surface area contributed by atoms with E-state index in [1.165, 1.54) is 0 Å². The fourth-order valence-electron chi connectivity index (χ4n) is 2.65. The van der Waals surface area contributed by atoms with Gasteiger partial charge in [0, 0.05) is 12.7 Å². The normalized spacial score (nSPS) is 10.9. The lowest BCUT2D eigenvalue weighted by atomic mass is 9.96. The van der Waals surface area contributed by atoms with Crippen LogP contribution < -0.4 is 15.8 Å². The Kier molecular flexibility index (Phi) is 3.41. The molecule has 0 fully saturated rings. The molecule has 0 aliphatic rings. The van der Waals surface area contributed by atoms with Gasteiger partial charge in [-0.3, -0.25) is 9.59 Å². The monoisotopic (exact) mass is 291 g/mol. The van der Waals surface area contributed by atoms with Crippen molar-refractivity contribution in [2.45, 2.75) is 13.8 Å². The van der Waals surface area contributed by atoms with Gasteiger partial charge in [0.2, 0.25) is 5.43 Å². The van der Waals surface area contributed by atoms with E-state index >= 15 is 0 Å². The molecule has 0 aromatic heterocycles. The van der Waals surface area contributed by atoms with E-state index in [2.05, 4.69) is 0 Å². The fraction of sp³-hybridized carbons (Fsp3) is 0.158. The van der Waals surface area contributed by atoms with Crippen LogP contribution in [0.15, 0.2) is 58.1 Å². The zero-order valence-electron chi connectivity index (χ0n) is 12.9. The van der Waals surface area contributed by atoms with E-state index in [1.54, 1.807) is 4.90 Å². The van der Waals surface area contributed by atoms with E-state index in [0.717, 1.165) is 22.4 Å². The standard InChI is InChI=1S/C19H17NO2/c1-12-7-9-14(10-8-12)16-17(19(22)18(16)21)20(3)15-6-4-5-13(2)11-15/h4-11H,1-3H3. The Morgan fingerprint density at radius 3 is 2.14 bits per heavy atom. The topological polar surface area (TPSA) is 37.4 Å². The summed E-state index contributed by atoms with van der Waals surface area (Å²) in [5.41, 5.74) is 4.09. The molecule has 0 N–H and O–H groups in total. The molecule has 0 bridgehead atoms. The molecule has 0 amide bonds. The van der Waals surface area contributed by atoms with Crippen LogP contribution in [0.3, 0.4) is 0 Å². The predicted octanol–water partition coefficient (Wildman–Crippen LogP) is 3.33. The summed E-state index contributed by atoms with van der Waals surface area (Å²) in [6.45, 7) is 3.99. The number of aryl methyl sites for hydroxylation is 2. The molecule has 0 saturated heterocycles. The molecule has 3 rings (SSSR count). The van der Waals surface area contributed by atoms with Crippen LogP contribution in [-0.4, -0.2) is 7.05 Å². The molecule has 110 valence electrons. The first-order valence-electron chi connectivity index (χ1n) is 7.20. The zero-order chi connectivity index (χ0) is 15.9. The van der Waals surface area contributed by atoms with E-state index < -0.39 is 10.9 Å². The van der Waals surface area contributed by atoms with Crippen LogP contribution in [0.5, 0.6) is 0 Å². The van der Waals surface area contributed by atoms with Crippen LogP contribution in [0, 0.1) is 13.8 Å². The summed E-state index contributed by atoms with van der Waals surface area (Å²) in [6.07, 6.45) is 0. The summed E-state index contributed by atoms with van der Waals surface area (Å²) in [6, 6.07) is 15.5. The van der Waals surface area contributed by atoms with Crippen molar-refractivity contribution in [1.82, 2.24) is 0 Å². The molecule has 0 spiro atoms. The largest absolute Gasteiger partial charge is 0.341 e. The highest BCUT2D eigenvalue weighted by molar-refractivity contribution is 5.85. The Morgan fingerprint density at radius 2 is 1.50 bits per heavy atom. The summed E-state index contributed by atoms with van der Waals surface area (Å²) < 4.78 is 0. The van der Waals surface area contributed by atoms with Crippen molar-refractivity contribution in [2.75, 3.05) is 11.9 Å². The lowest BCUT2D eigenvalue weighted by Crippen LogP contribution is -2.38. The van der Waals surface area contributed by atoms with Gasteiger partial charge in [-0.2, -0.15) is 0 Å². The van der Waals surface area contributed by atoms with Gasteiger partial charge in [0.15, 0.2) is 0 Å². The third-order valence-electron chi connectivity index (χ3n) is 3.95. The second-order valence-corrected chi connectivity index (χ2v) is 5.65. The van der Waals surface area contributed by atoms with Crippen LogP contribution in [0.1, 0.15) is 11.1 Å². The minimum atomic E-state index is -0.417. The Balaban J connectivity index is 2.09. The van der Waals surface area contributed by atoms with Crippen molar-refractivity contribution in [2.24, 2.45) is 0 Å². The van der Waals surface area contributed by atoms with Gasteiger partial charge >= 0.3 is 0 Å². The van der Waals surface area contributed by atoms with Crippen molar-refractivity contribution in [3.8, 4) is 11.1 Å². The minimum absolute atomic E-state index is 0.404. The number of hydrogen-bond acceptors (Lipinski definition) is 3. The lowest BCUT2D eigenvalue weighted by molar-refractivity contribution is 1.16. The van der Waals surface area contributed by atoms with E-state index in [9.17, 15) is 9.59 Å². The summed E-state index contributed by atoms with van der Waals surface area (Å²) in [5.74, 6) is 0. The predicted molar refractivity (Wildman–Crippen MR) is 90.8 cm³/mol. The van der Waals surface area contributed by atoms with Crippen molar-refractivity contribution in [1.29, 1.82) is 0 Å². The van der Waals surface area contributed by atoms with Crippen LogP contribution in [-0.2, 0) is 0 Å². The van der Waals surface area contributed by atoms with Crippen molar-refractivity contribution in [3.05, 3.63) is 80.1 Å².